The topological polar surface area (TPSA) is 98.5 Å². The van der Waals surface area contributed by atoms with E-state index in [0.717, 1.165) is 10.0 Å². The Kier molecular flexibility index (Phi) is 5.49. The molecule has 0 aliphatic heterocycles. The average Bonchev–Trinajstić information content (AvgIpc) is 3.43. The smallest absolute Gasteiger partial charge is 0.287 e. The fourth-order valence-electron chi connectivity index (χ4n) is 2.88. The summed E-state index contributed by atoms with van der Waals surface area (Å²) in [6.07, 6.45) is 0. The van der Waals surface area contributed by atoms with E-state index in [9.17, 15) is 14.9 Å². The van der Waals surface area contributed by atoms with Crippen LogP contribution in [0.5, 0.6) is 0 Å². The lowest BCUT2D eigenvalue weighted by molar-refractivity contribution is -0.384. The zero-order chi connectivity index (χ0) is 21.1. The Morgan fingerprint density at radius 1 is 0.933 bits per heavy atom. The Hall–Kier alpha value is -3.65. The number of nitrogens with one attached hydrogen (secondary N) is 1. The van der Waals surface area contributed by atoms with Crippen LogP contribution < -0.4 is 5.32 Å². The second-order valence-corrected chi connectivity index (χ2v) is 7.34. The molecule has 0 atom stereocenters. The number of carbonyl (C=O) groups is 1. The minimum atomic E-state index is -0.480. The van der Waals surface area contributed by atoms with Gasteiger partial charge in [0.05, 0.1) is 11.5 Å². The molecule has 2 aromatic carbocycles. The molecule has 4 rings (SSSR count). The predicted octanol–water partition coefficient (Wildman–Crippen LogP) is 5.81. The van der Waals surface area contributed by atoms with Crippen molar-refractivity contribution in [3.63, 3.8) is 0 Å². The summed E-state index contributed by atoms with van der Waals surface area (Å²) in [5, 5.41) is 13.7. The maximum atomic E-state index is 12.4. The maximum Gasteiger partial charge on any atom is 0.287 e. The summed E-state index contributed by atoms with van der Waals surface area (Å²) in [4.78, 5) is 22.8. The summed E-state index contributed by atoms with van der Waals surface area (Å²) in [5.41, 5.74) is 1.41. The number of nitro benzene ring substituents is 1. The molecule has 0 saturated heterocycles. The normalized spacial score (nSPS) is 10.7. The highest BCUT2D eigenvalue weighted by molar-refractivity contribution is 9.10. The first-order chi connectivity index (χ1) is 14.5. The number of hydrogen-bond donors (Lipinski definition) is 1. The van der Waals surface area contributed by atoms with Crippen molar-refractivity contribution in [2.45, 2.75) is 6.54 Å². The van der Waals surface area contributed by atoms with Gasteiger partial charge >= 0.3 is 0 Å². The van der Waals surface area contributed by atoms with Crippen LogP contribution in [0.1, 0.15) is 16.3 Å². The molecule has 2 heterocycles. The molecule has 30 heavy (non-hydrogen) atoms. The Balaban J connectivity index is 1.41. The second-order valence-electron chi connectivity index (χ2n) is 6.43. The van der Waals surface area contributed by atoms with Crippen LogP contribution in [-0.4, -0.2) is 10.8 Å². The van der Waals surface area contributed by atoms with Crippen LogP contribution >= 0.6 is 15.9 Å². The van der Waals surface area contributed by atoms with Gasteiger partial charge in [-0.2, -0.15) is 0 Å². The standard InChI is InChI=1S/C22H15BrN2O5/c23-16-6-4-14(5-7-16)19-9-8-18(29-19)13-24-22(26)21-11-10-20(30-21)15-2-1-3-17(12-15)25(27)28/h1-12H,13H2,(H,24,26). The van der Waals surface area contributed by atoms with Crippen molar-refractivity contribution >= 4 is 27.5 Å². The quantitative estimate of drug-likeness (QED) is 0.285. The van der Waals surface area contributed by atoms with Crippen molar-refractivity contribution in [2.75, 3.05) is 0 Å². The van der Waals surface area contributed by atoms with Gasteiger partial charge in [0.1, 0.15) is 17.3 Å². The summed E-state index contributed by atoms with van der Waals surface area (Å²) in [6, 6.07) is 20.5. The molecule has 2 aromatic heterocycles. The van der Waals surface area contributed by atoms with E-state index < -0.39 is 10.8 Å². The number of nitro groups is 1. The van der Waals surface area contributed by atoms with E-state index in [2.05, 4.69) is 21.2 Å². The van der Waals surface area contributed by atoms with Gasteiger partial charge in [-0.25, -0.2) is 0 Å². The Morgan fingerprint density at radius 2 is 1.67 bits per heavy atom. The van der Waals surface area contributed by atoms with Crippen LogP contribution in [0.15, 0.2) is 86.1 Å². The van der Waals surface area contributed by atoms with Crippen molar-refractivity contribution < 1.29 is 18.6 Å². The van der Waals surface area contributed by atoms with Crippen LogP contribution in [0, 0.1) is 10.1 Å². The summed E-state index contributed by atoms with van der Waals surface area (Å²) < 4.78 is 12.3. The summed E-state index contributed by atoms with van der Waals surface area (Å²) in [5.74, 6) is 1.38. The van der Waals surface area contributed by atoms with Gasteiger partial charge in [-0.05, 0) is 36.4 Å². The Labute approximate surface area is 179 Å². The zero-order valence-electron chi connectivity index (χ0n) is 15.5. The highest BCUT2D eigenvalue weighted by Crippen LogP contribution is 2.26. The molecule has 7 nitrogen and oxygen atoms in total. The minimum absolute atomic E-state index is 0.0469. The van der Waals surface area contributed by atoms with Crippen molar-refractivity contribution in [1.29, 1.82) is 0 Å². The molecule has 0 aliphatic rings. The van der Waals surface area contributed by atoms with Crippen molar-refractivity contribution in [1.82, 2.24) is 5.32 Å². The molecule has 0 fully saturated rings. The SMILES string of the molecule is O=C(NCc1ccc(-c2ccc(Br)cc2)o1)c1ccc(-c2cccc([N+](=O)[O-])c2)o1. The lowest BCUT2D eigenvalue weighted by Crippen LogP contribution is -2.21. The Morgan fingerprint density at radius 3 is 2.43 bits per heavy atom. The molecule has 1 amide bonds. The molecular formula is C22H15BrN2O5. The molecule has 0 radical (unpaired) electrons. The minimum Gasteiger partial charge on any atom is -0.459 e. The van der Waals surface area contributed by atoms with Crippen LogP contribution in [-0.2, 0) is 6.54 Å². The van der Waals surface area contributed by atoms with Gasteiger partial charge in [-0.3, -0.25) is 14.9 Å². The average molecular weight is 467 g/mol. The van der Waals surface area contributed by atoms with E-state index in [-0.39, 0.29) is 18.0 Å². The van der Waals surface area contributed by atoms with Gasteiger partial charge in [0.25, 0.3) is 11.6 Å². The third kappa shape index (κ3) is 4.33. The number of nitrogens with zero attached hydrogens (tertiary/aromatic N) is 1. The highest BCUT2D eigenvalue weighted by Gasteiger charge is 2.15. The van der Waals surface area contributed by atoms with Crippen LogP contribution in [0.2, 0.25) is 0 Å². The lowest BCUT2D eigenvalue weighted by Gasteiger charge is -2.02. The van der Waals surface area contributed by atoms with Gasteiger partial charge in [0.15, 0.2) is 5.76 Å². The molecule has 8 heteroatoms. The third-order valence-electron chi connectivity index (χ3n) is 4.38. The summed E-state index contributed by atoms with van der Waals surface area (Å²) in [6.45, 7) is 0.197. The lowest BCUT2D eigenvalue weighted by atomic mass is 10.1. The summed E-state index contributed by atoms with van der Waals surface area (Å²) in [7, 11) is 0. The molecule has 0 bridgehead atoms. The second kappa shape index (κ2) is 8.38. The fraction of sp³-hybridized carbons (Fsp3) is 0.0455. The number of benzene rings is 2. The van der Waals surface area contributed by atoms with E-state index in [1.165, 1.54) is 18.2 Å². The third-order valence-corrected chi connectivity index (χ3v) is 4.91. The molecule has 4 aromatic rings. The first-order valence-electron chi connectivity index (χ1n) is 8.97. The molecule has 150 valence electrons. The number of furan rings is 2. The van der Waals surface area contributed by atoms with Gasteiger partial charge in [-0.15, -0.1) is 0 Å². The first-order valence-corrected chi connectivity index (χ1v) is 9.76. The number of rotatable bonds is 6. The van der Waals surface area contributed by atoms with Gasteiger partial charge in [0, 0.05) is 27.7 Å². The van der Waals surface area contributed by atoms with E-state index in [0.29, 0.717) is 22.8 Å². The number of halogens is 1. The summed E-state index contributed by atoms with van der Waals surface area (Å²) >= 11 is 3.40. The molecule has 0 spiro atoms. The van der Waals surface area contributed by atoms with Crippen LogP contribution in [0.25, 0.3) is 22.6 Å². The van der Waals surface area contributed by atoms with E-state index in [4.69, 9.17) is 8.83 Å². The van der Waals surface area contributed by atoms with E-state index in [1.807, 2.05) is 30.3 Å². The zero-order valence-corrected chi connectivity index (χ0v) is 17.1. The number of non-ortho nitro benzene ring substituents is 1. The van der Waals surface area contributed by atoms with E-state index >= 15 is 0 Å². The fourth-order valence-corrected chi connectivity index (χ4v) is 3.15. The number of amides is 1. The van der Waals surface area contributed by atoms with Crippen molar-refractivity contribution in [2.24, 2.45) is 0 Å². The monoisotopic (exact) mass is 466 g/mol. The van der Waals surface area contributed by atoms with Crippen LogP contribution in [0.3, 0.4) is 0 Å². The number of hydrogen-bond acceptors (Lipinski definition) is 5. The maximum absolute atomic E-state index is 12.4. The van der Waals surface area contributed by atoms with Crippen molar-refractivity contribution in [3.05, 3.63) is 98.9 Å². The molecule has 0 unspecified atom stereocenters. The molecule has 1 N–H and O–H groups in total. The molecular weight excluding hydrogens is 452 g/mol. The van der Waals surface area contributed by atoms with Crippen LogP contribution in [0.4, 0.5) is 5.69 Å². The van der Waals surface area contributed by atoms with Gasteiger partial charge in [-0.1, -0.05) is 40.2 Å². The Bertz CT molecular complexity index is 1210. The molecule has 0 aliphatic carbocycles. The number of carbonyl (C=O) groups excluding carboxylic acids is 1. The van der Waals surface area contributed by atoms with Gasteiger partial charge < -0.3 is 14.2 Å². The van der Waals surface area contributed by atoms with E-state index in [1.54, 1.807) is 24.3 Å². The first kappa shape index (κ1) is 19.7. The van der Waals surface area contributed by atoms with Crippen molar-refractivity contribution in [3.8, 4) is 22.6 Å². The largest absolute Gasteiger partial charge is 0.459 e. The highest BCUT2D eigenvalue weighted by atomic mass is 79.9. The van der Waals surface area contributed by atoms with Gasteiger partial charge in [0.2, 0.25) is 0 Å². The molecule has 0 saturated carbocycles. The predicted molar refractivity (Wildman–Crippen MR) is 114 cm³/mol.